The summed E-state index contributed by atoms with van der Waals surface area (Å²) >= 11 is 0. The fraction of sp³-hybridized carbons (Fsp3) is 1.00. The molecule has 152 valence electrons. The smallest absolute Gasteiger partial charge is 0.412 e. The molecule has 0 unspecified atom stereocenters. The van der Waals surface area contributed by atoms with Crippen LogP contribution in [0.1, 0.15) is 14.9 Å². The van der Waals surface area contributed by atoms with Crippen molar-refractivity contribution in [3.63, 3.8) is 0 Å². The first-order valence-corrected chi connectivity index (χ1v) is 9.29. The second-order valence-electron chi connectivity index (χ2n) is 2.09. The minimum Gasteiger partial charge on any atom is -0.412 e. The molecule has 0 aliphatic rings. The minimum atomic E-state index is -5.05. The quantitative estimate of drug-likeness (QED) is 0.190. The summed E-state index contributed by atoms with van der Waals surface area (Å²) in [6.07, 6.45) is 0. The van der Waals surface area contributed by atoms with E-state index in [1.165, 1.54) is 0 Å². The van der Waals surface area contributed by atoms with Gasteiger partial charge < -0.3 is 59.9 Å². The third kappa shape index (κ3) is 228. The molecule has 0 radical (unpaired) electrons. The molecule has 0 atom stereocenters. The van der Waals surface area contributed by atoms with Gasteiger partial charge in [-0.1, -0.05) is 14.9 Å². The number of rotatable bonds is 2. The fourth-order valence-corrected chi connectivity index (χ4v) is 1.25. The van der Waals surface area contributed by atoms with Crippen LogP contribution in [0.3, 0.4) is 0 Å². The van der Waals surface area contributed by atoms with Crippen molar-refractivity contribution in [3.8, 4) is 0 Å². The van der Waals surface area contributed by atoms with E-state index in [-0.39, 0.29) is 25.8 Å². The molecule has 14 N–H and O–H groups in total. The predicted octanol–water partition coefficient (Wildman–Crippen LogP) is -3.05. The molecule has 0 aromatic carbocycles. The second kappa shape index (κ2) is 15.9. The van der Waals surface area contributed by atoms with Crippen molar-refractivity contribution in [2.45, 2.75) is 14.9 Å². The summed E-state index contributed by atoms with van der Waals surface area (Å²) < 4.78 is 40.0. The van der Waals surface area contributed by atoms with Gasteiger partial charge in [0.05, 0.1) is 0 Å². The fourth-order valence-electron chi connectivity index (χ4n) is 0.139. The molecule has 0 bridgehead atoms. The molecule has 0 aromatic heterocycles. The molecule has 0 spiro atoms. The predicted molar refractivity (Wildman–Crippen MR) is 74.4 cm³/mol. The molecule has 23 heavy (non-hydrogen) atoms. The van der Waals surface area contributed by atoms with E-state index in [9.17, 15) is 9.13 Å². The summed E-state index contributed by atoms with van der Waals surface area (Å²) in [5.41, 5.74) is 0. The van der Waals surface area contributed by atoms with E-state index in [0.717, 1.165) is 0 Å². The summed E-state index contributed by atoms with van der Waals surface area (Å²) in [7, 11) is -19.4. The zero-order valence-corrected chi connectivity index (χ0v) is 12.9. The monoisotopic (exact) mass is 442 g/mol. The van der Waals surface area contributed by atoms with Crippen LogP contribution in [0.25, 0.3) is 0 Å². The molecule has 0 aliphatic carbocycles. The molecule has 0 saturated carbocycles. The Morgan fingerprint density at radius 2 is 0.565 bits per heavy atom. The van der Waals surface area contributed by atoms with Gasteiger partial charge in [0.25, 0.3) is 0 Å². The molecule has 0 heterocycles. The topological polar surface area (TPSA) is 343 Å². The molecule has 21 heteroatoms. The van der Waals surface area contributed by atoms with Gasteiger partial charge in [0.2, 0.25) is 0 Å². The van der Waals surface area contributed by atoms with E-state index < -0.39 is 31.3 Å². The summed E-state index contributed by atoms with van der Waals surface area (Å²) in [6, 6.07) is 0. The van der Waals surface area contributed by atoms with E-state index >= 15 is 0 Å². The van der Waals surface area contributed by atoms with Crippen molar-refractivity contribution in [2.75, 3.05) is 0 Å². The van der Waals surface area contributed by atoms with Crippen LogP contribution in [0, 0.1) is 0 Å². The van der Waals surface area contributed by atoms with Crippen molar-refractivity contribution in [1.29, 1.82) is 0 Å². The SMILES string of the molecule is C.C.O.O.O=P(O)(O)O.O=P(O)(O)O.O=P(O)(O)OP(=O)(O)O. The van der Waals surface area contributed by atoms with Gasteiger partial charge in [-0.25, -0.2) is 18.3 Å². The zero-order chi connectivity index (χ0) is 16.7. The van der Waals surface area contributed by atoms with E-state index in [2.05, 4.69) is 4.31 Å². The Hall–Kier alpha value is 0.400. The number of phosphoric acid groups is 4. The Bertz CT molecular complexity index is 359. The molecule has 0 aromatic rings. The lowest BCUT2D eigenvalue weighted by Crippen LogP contribution is -1.84. The lowest BCUT2D eigenvalue weighted by molar-refractivity contribution is 0.224. The lowest BCUT2D eigenvalue weighted by Gasteiger charge is -2.03. The highest BCUT2D eigenvalue weighted by atomic mass is 31.3. The van der Waals surface area contributed by atoms with Crippen molar-refractivity contribution in [2.24, 2.45) is 0 Å². The van der Waals surface area contributed by atoms with Crippen LogP contribution < -0.4 is 0 Å². The van der Waals surface area contributed by atoms with Crippen LogP contribution in [0.5, 0.6) is 0 Å². The van der Waals surface area contributed by atoms with Crippen LogP contribution in [-0.4, -0.2) is 59.9 Å². The molecule has 0 amide bonds. The summed E-state index contributed by atoms with van der Waals surface area (Å²) in [5, 5.41) is 0. The minimum absolute atomic E-state index is 0. The van der Waals surface area contributed by atoms with Crippen LogP contribution in [-0.2, 0) is 22.6 Å². The molecule has 0 rings (SSSR count). The molecular weight excluding hydrogens is 420 g/mol. The van der Waals surface area contributed by atoms with E-state index in [4.69, 9.17) is 58.1 Å². The lowest BCUT2D eigenvalue weighted by atomic mass is 12.0. The number of hydrogen-bond acceptors (Lipinski definition) is 5. The second-order valence-corrected chi connectivity index (χ2v) is 6.76. The van der Waals surface area contributed by atoms with Gasteiger partial charge in [0.1, 0.15) is 0 Å². The summed E-state index contributed by atoms with van der Waals surface area (Å²) in [4.78, 5) is 74.1. The van der Waals surface area contributed by atoms with Crippen LogP contribution in [0.15, 0.2) is 0 Å². The average Bonchev–Trinajstić information content (AvgIpc) is 1.63. The molecule has 0 saturated heterocycles. The number of hydrogen-bond donors (Lipinski definition) is 10. The first kappa shape index (κ1) is 43.7. The zero-order valence-electron chi connectivity index (χ0n) is 9.30. The Morgan fingerprint density at radius 1 is 0.478 bits per heavy atom. The van der Waals surface area contributed by atoms with Crippen molar-refractivity contribution < 1.29 is 82.5 Å². The first-order chi connectivity index (χ1) is 7.71. The van der Waals surface area contributed by atoms with Gasteiger partial charge in [-0.2, -0.15) is 4.31 Å². The van der Waals surface area contributed by atoms with Crippen molar-refractivity contribution in [3.05, 3.63) is 0 Å². The maximum Gasteiger partial charge on any atom is 0.478 e. The highest BCUT2D eigenvalue weighted by Crippen LogP contribution is 2.53. The largest absolute Gasteiger partial charge is 0.478 e. The molecule has 0 fully saturated rings. The third-order valence-electron chi connectivity index (χ3n) is 0.213. The van der Waals surface area contributed by atoms with Crippen LogP contribution in [0.2, 0.25) is 0 Å². The van der Waals surface area contributed by atoms with E-state index in [1.54, 1.807) is 0 Å². The van der Waals surface area contributed by atoms with Gasteiger partial charge in [0, 0.05) is 0 Å². The van der Waals surface area contributed by atoms with E-state index in [0.29, 0.717) is 0 Å². The van der Waals surface area contributed by atoms with Crippen LogP contribution >= 0.6 is 31.3 Å². The Labute approximate surface area is 129 Å². The van der Waals surface area contributed by atoms with Crippen molar-refractivity contribution >= 4 is 31.3 Å². The summed E-state index contributed by atoms with van der Waals surface area (Å²) in [6.45, 7) is 0. The van der Waals surface area contributed by atoms with Crippen molar-refractivity contribution in [1.82, 2.24) is 0 Å². The maximum absolute atomic E-state index is 9.63. The standard InChI is InChI=1S/2CH4.H4O7P2.2H3O4P.2H2O/c;;1-8(2,3)7-9(4,5)6;2*1-5(2,3)4;;/h2*1H4;(H2,1,2,3)(H2,4,5,6);2*(H3,1,2,3,4);2*1H2. The summed E-state index contributed by atoms with van der Waals surface area (Å²) in [5.74, 6) is 0. The van der Waals surface area contributed by atoms with Crippen LogP contribution in [0.4, 0.5) is 0 Å². The van der Waals surface area contributed by atoms with Gasteiger partial charge in [-0.3, -0.25) is 0 Å². The molecule has 17 nitrogen and oxygen atoms in total. The van der Waals surface area contributed by atoms with Gasteiger partial charge in [0.15, 0.2) is 0 Å². The first-order valence-electron chi connectivity index (χ1n) is 3.10. The Morgan fingerprint density at radius 3 is 0.565 bits per heavy atom. The van der Waals surface area contributed by atoms with Gasteiger partial charge >= 0.3 is 31.3 Å². The van der Waals surface area contributed by atoms with Gasteiger partial charge in [-0.15, -0.1) is 0 Å². The third-order valence-corrected chi connectivity index (χ3v) is 1.91. The van der Waals surface area contributed by atoms with E-state index in [1.807, 2.05) is 0 Å². The highest BCUT2D eigenvalue weighted by Gasteiger charge is 2.27. The maximum atomic E-state index is 9.63. The molecular formula is C2H22O17P4. The Kier molecular flexibility index (Phi) is 30.2. The van der Waals surface area contributed by atoms with Gasteiger partial charge in [-0.05, 0) is 0 Å². The Balaban J connectivity index is -0.0000000325. The average molecular weight is 442 g/mol. The molecule has 0 aliphatic heterocycles. The highest BCUT2D eigenvalue weighted by molar-refractivity contribution is 7.60. The normalized spacial score (nSPS) is 10.5.